The van der Waals surface area contributed by atoms with Crippen LogP contribution in [0.25, 0.3) is 6.08 Å². The summed E-state index contributed by atoms with van der Waals surface area (Å²) in [5, 5.41) is 3.52. The number of hydrogen-bond acceptors (Lipinski definition) is 5. The molecule has 0 spiro atoms. The number of amides is 1. The molecule has 1 saturated heterocycles. The second kappa shape index (κ2) is 11.2. The summed E-state index contributed by atoms with van der Waals surface area (Å²) in [7, 11) is -1.58. The van der Waals surface area contributed by atoms with Crippen LogP contribution in [0.15, 0.2) is 53.4 Å². The number of rotatable bonds is 8. The Hall–Kier alpha value is -2.39. The zero-order valence-corrected chi connectivity index (χ0v) is 20.9. The highest BCUT2D eigenvalue weighted by molar-refractivity contribution is 7.89. The normalized spacial score (nSPS) is 15.4. The molecular formula is C24H31ClN4O3S. The van der Waals surface area contributed by atoms with Crippen molar-refractivity contribution in [3.63, 3.8) is 0 Å². The quantitative estimate of drug-likeness (QED) is 0.570. The highest BCUT2D eigenvalue weighted by Gasteiger charge is 2.25. The van der Waals surface area contributed by atoms with E-state index in [9.17, 15) is 13.2 Å². The lowest BCUT2D eigenvalue weighted by atomic mass is 10.2. The van der Waals surface area contributed by atoms with Crippen molar-refractivity contribution >= 4 is 45.0 Å². The molecular weight excluding hydrogens is 460 g/mol. The molecule has 178 valence electrons. The Bertz CT molecular complexity index is 1090. The van der Waals surface area contributed by atoms with Gasteiger partial charge in [-0.25, -0.2) is 8.42 Å². The fourth-order valence-corrected chi connectivity index (χ4v) is 5.34. The van der Waals surface area contributed by atoms with Gasteiger partial charge in [0.05, 0.1) is 16.3 Å². The topological polar surface area (TPSA) is 73.0 Å². The van der Waals surface area contributed by atoms with Gasteiger partial charge in [0.25, 0.3) is 0 Å². The third kappa shape index (κ3) is 6.35. The van der Waals surface area contributed by atoms with Crippen molar-refractivity contribution in [3.05, 3.63) is 59.1 Å². The van der Waals surface area contributed by atoms with Crippen LogP contribution in [0.1, 0.15) is 19.4 Å². The SMILES string of the molecule is CCN(CC)S(=O)(=O)c1ccc(N2CCN(C)CC2)c(NC(=O)C=Cc2ccc(Cl)cc2)c1. The maximum absolute atomic E-state index is 13.1. The predicted molar refractivity (Wildman–Crippen MR) is 135 cm³/mol. The van der Waals surface area contributed by atoms with Crippen molar-refractivity contribution < 1.29 is 13.2 Å². The molecule has 1 heterocycles. The number of hydrogen-bond donors (Lipinski definition) is 1. The smallest absolute Gasteiger partial charge is 0.248 e. The van der Waals surface area contributed by atoms with E-state index in [4.69, 9.17) is 11.6 Å². The van der Waals surface area contributed by atoms with Crippen LogP contribution < -0.4 is 10.2 Å². The first-order valence-electron chi connectivity index (χ1n) is 11.1. The van der Waals surface area contributed by atoms with Crippen LogP contribution in [0.2, 0.25) is 5.02 Å². The molecule has 0 atom stereocenters. The van der Waals surface area contributed by atoms with Crippen molar-refractivity contribution in [2.45, 2.75) is 18.7 Å². The summed E-state index contributed by atoms with van der Waals surface area (Å²) in [5.41, 5.74) is 2.14. The average Bonchev–Trinajstić information content (AvgIpc) is 2.80. The second-order valence-corrected chi connectivity index (χ2v) is 10.3. The van der Waals surface area contributed by atoms with Gasteiger partial charge in [0, 0.05) is 50.4 Å². The van der Waals surface area contributed by atoms with Gasteiger partial charge >= 0.3 is 0 Å². The summed E-state index contributed by atoms with van der Waals surface area (Å²) in [6.07, 6.45) is 3.13. The lowest BCUT2D eigenvalue weighted by Gasteiger charge is -2.35. The summed E-state index contributed by atoms with van der Waals surface area (Å²) in [4.78, 5) is 17.3. The molecule has 1 N–H and O–H groups in total. The van der Waals surface area contributed by atoms with Crippen LogP contribution in [0.3, 0.4) is 0 Å². The minimum atomic E-state index is -3.65. The monoisotopic (exact) mass is 490 g/mol. The summed E-state index contributed by atoms with van der Waals surface area (Å²) in [6, 6.07) is 12.1. The first kappa shape index (κ1) is 25.2. The van der Waals surface area contributed by atoms with E-state index in [0.29, 0.717) is 23.8 Å². The van der Waals surface area contributed by atoms with Crippen molar-refractivity contribution in [2.75, 3.05) is 56.5 Å². The van der Waals surface area contributed by atoms with Crippen molar-refractivity contribution in [1.82, 2.24) is 9.21 Å². The van der Waals surface area contributed by atoms with Crippen LogP contribution >= 0.6 is 11.6 Å². The lowest BCUT2D eigenvalue weighted by molar-refractivity contribution is -0.111. The number of nitrogens with zero attached hydrogens (tertiary/aromatic N) is 3. The highest BCUT2D eigenvalue weighted by atomic mass is 35.5. The minimum Gasteiger partial charge on any atom is -0.367 e. The molecule has 9 heteroatoms. The number of piperazine rings is 1. The third-order valence-corrected chi connectivity index (χ3v) is 8.01. The van der Waals surface area contributed by atoms with Gasteiger partial charge in [-0.05, 0) is 49.0 Å². The number of nitrogens with one attached hydrogen (secondary N) is 1. The van der Waals surface area contributed by atoms with E-state index < -0.39 is 10.0 Å². The van der Waals surface area contributed by atoms with Crippen LogP contribution in [-0.4, -0.2) is 69.8 Å². The molecule has 0 aliphatic carbocycles. The Morgan fingerprint density at radius 1 is 1.06 bits per heavy atom. The number of sulfonamides is 1. The zero-order chi connectivity index (χ0) is 24.0. The van der Waals surface area contributed by atoms with E-state index in [2.05, 4.69) is 22.2 Å². The van der Waals surface area contributed by atoms with Crippen molar-refractivity contribution in [1.29, 1.82) is 0 Å². The molecule has 33 heavy (non-hydrogen) atoms. The number of carbonyl (C=O) groups is 1. The number of benzene rings is 2. The fraction of sp³-hybridized carbons (Fsp3) is 0.375. The highest BCUT2D eigenvalue weighted by Crippen LogP contribution is 2.31. The van der Waals surface area contributed by atoms with Gasteiger partial charge in [-0.2, -0.15) is 4.31 Å². The standard InChI is InChI=1S/C24H31ClN4O3S/c1-4-29(5-2)33(31,32)21-11-12-23(28-16-14-27(3)15-17-28)22(18-21)26-24(30)13-8-19-6-9-20(25)10-7-19/h6-13,18H,4-5,14-17H2,1-3H3,(H,26,30). The van der Waals surface area contributed by atoms with E-state index in [1.54, 1.807) is 36.4 Å². The molecule has 1 aliphatic heterocycles. The molecule has 2 aromatic carbocycles. The molecule has 0 saturated carbocycles. The molecule has 2 aromatic rings. The van der Waals surface area contributed by atoms with Crippen LogP contribution in [0.4, 0.5) is 11.4 Å². The van der Waals surface area contributed by atoms with Crippen LogP contribution in [-0.2, 0) is 14.8 Å². The first-order chi connectivity index (χ1) is 15.7. The van der Waals surface area contributed by atoms with Gasteiger partial charge in [-0.15, -0.1) is 0 Å². The Kier molecular flexibility index (Phi) is 8.53. The summed E-state index contributed by atoms with van der Waals surface area (Å²) in [6.45, 7) is 7.75. The minimum absolute atomic E-state index is 0.168. The predicted octanol–water partition coefficient (Wildman–Crippen LogP) is 3.77. The second-order valence-electron chi connectivity index (χ2n) is 7.93. The van der Waals surface area contributed by atoms with Gasteiger partial charge in [-0.1, -0.05) is 37.6 Å². The van der Waals surface area contributed by atoms with E-state index in [-0.39, 0.29) is 10.8 Å². The maximum atomic E-state index is 13.1. The molecule has 0 unspecified atom stereocenters. The maximum Gasteiger partial charge on any atom is 0.248 e. The van der Waals surface area contributed by atoms with E-state index in [0.717, 1.165) is 37.4 Å². The van der Waals surface area contributed by atoms with Crippen LogP contribution in [0, 0.1) is 0 Å². The largest absolute Gasteiger partial charge is 0.367 e. The van der Waals surface area contributed by atoms with Gasteiger partial charge in [0.2, 0.25) is 15.9 Å². The average molecular weight is 491 g/mol. The van der Waals surface area contributed by atoms with Gasteiger partial charge in [0.15, 0.2) is 0 Å². The summed E-state index contributed by atoms with van der Waals surface area (Å²) >= 11 is 5.91. The first-order valence-corrected chi connectivity index (χ1v) is 12.9. The molecule has 3 rings (SSSR count). The van der Waals surface area contributed by atoms with Gasteiger partial charge < -0.3 is 15.1 Å². The van der Waals surface area contributed by atoms with E-state index in [1.165, 1.54) is 10.4 Å². The van der Waals surface area contributed by atoms with Gasteiger partial charge in [0.1, 0.15) is 0 Å². The number of likely N-dealkylation sites (N-methyl/N-ethyl adjacent to an activating group) is 1. The Morgan fingerprint density at radius 2 is 1.70 bits per heavy atom. The summed E-state index contributed by atoms with van der Waals surface area (Å²) < 4.78 is 27.5. The van der Waals surface area contributed by atoms with Crippen molar-refractivity contribution in [2.24, 2.45) is 0 Å². The molecule has 1 amide bonds. The molecule has 0 radical (unpaired) electrons. The summed E-state index contributed by atoms with van der Waals surface area (Å²) in [5.74, 6) is -0.335. The van der Waals surface area contributed by atoms with Crippen molar-refractivity contribution in [3.8, 4) is 0 Å². The Balaban J connectivity index is 1.91. The molecule has 0 aromatic heterocycles. The third-order valence-electron chi connectivity index (χ3n) is 5.71. The number of carbonyl (C=O) groups excluding carboxylic acids is 1. The Morgan fingerprint density at radius 3 is 2.30 bits per heavy atom. The van der Waals surface area contributed by atoms with Gasteiger partial charge in [-0.3, -0.25) is 4.79 Å². The fourth-order valence-electron chi connectivity index (χ4n) is 3.73. The number of anilines is 2. The van der Waals surface area contributed by atoms with E-state index >= 15 is 0 Å². The number of halogens is 1. The molecule has 1 fully saturated rings. The van der Waals surface area contributed by atoms with E-state index in [1.807, 2.05) is 26.0 Å². The molecule has 1 aliphatic rings. The Labute approximate surface area is 201 Å². The molecule has 7 nitrogen and oxygen atoms in total. The lowest BCUT2D eigenvalue weighted by Crippen LogP contribution is -2.44. The van der Waals surface area contributed by atoms with Crippen LogP contribution in [0.5, 0.6) is 0 Å². The zero-order valence-electron chi connectivity index (χ0n) is 19.3. The molecule has 0 bridgehead atoms.